The molecule has 0 heterocycles. The molecule has 0 amide bonds. The molecule has 22 heavy (non-hydrogen) atoms. The minimum absolute atomic E-state index is 0.102. The molecule has 0 aliphatic carbocycles. The zero-order chi connectivity index (χ0) is 16.1. The molecule has 0 N–H and O–H groups in total. The number of aryl methyl sites for hydroxylation is 3. The van der Waals surface area contributed by atoms with Crippen LogP contribution in [-0.2, 0) is 0 Å². The number of thioether (sulfide) groups is 1. The quantitative estimate of drug-likeness (QED) is 0.427. The van der Waals surface area contributed by atoms with Crippen molar-refractivity contribution in [3.8, 4) is 5.75 Å². The van der Waals surface area contributed by atoms with E-state index in [1.54, 1.807) is 18.7 Å². The van der Waals surface area contributed by atoms with E-state index >= 15 is 0 Å². The topological polar surface area (TPSA) is 26.3 Å². The number of Topliss-reactive ketones (excluding diaryl/α,β-unsaturated/α-hetero) is 1. The Morgan fingerprint density at radius 1 is 1.05 bits per heavy atom. The summed E-state index contributed by atoms with van der Waals surface area (Å²) in [5.74, 6) is 1.98. The molecule has 0 bridgehead atoms. The zero-order valence-corrected chi connectivity index (χ0v) is 14.4. The van der Waals surface area contributed by atoms with Gasteiger partial charge >= 0.3 is 0 Å². The van der Waals surface area contributed by atoms with Crippen LogP contribution in [0.2, 0.25) is 0 Å². The van der Waals surface area contributed by atoms with E-state index in [-0.39, 0.29) is 5.78 Å². The highest BCUT2D eigenvalue weighted by atomic mass is 32.2. The first-order valence-corrected chi connectivity index (χ1v) is 8.40. The normalized spacial score (nSPS) is 10.5. The van der Waals surface area contributed by atoms with Crippen molar-refractivity contribution >= 4 is 17.5 Å². The number of rotatable bonds is 6. The van der Waals surface area contributed by atoms with E-state index in [1.165, 1.54) is 16.7 Å². The smallest absolute Gasteiger partial charge is 0.159 e. The lowest BCUT2D eigenvalue weighted by Crippen LogP contribution is -2.03. The van der Waals surface area contributed by atoms with Gasteiger partial charge in [-0.3, -0.25) is 4.79 Å². The van der Waals surface area contributed by atoms with Crippen molar-refractivity contribution in [3.05, 3.63) is 58.7 Å². The summed E-state index contributed by atoms with van der Waals surface area (Å²) in [5.41, 5.74) is 4.40. The Kier molecular flexibility index (Phi) is 5.67. The van der Waals surface area contributed by atoms with Gasteiger partial charge in [0.15, 0.2) is 5.78 Å². The molecule has 2 nitrogen and oxygen atoms in total. The van der Waals surface area contributed by atoms with E-state index in [2.05, 4.69) is 32.9 Å². The van der Waals surface area contributed by atoms with Crippen molar-refractivity contribution in [3.63, 3.8) is 0 Å². The van der Waals surface area contributed by atoms with Gasteiger partial charge in [0.1, 0.15) is 5.75 Å². The molecule has 0 spiro atoms. The fourth-order valence-corrected chi connectivity index (χ4v) is 3.21. The highest BCUT2D eigenvalue weighted by Crippen LogP contribution is 2.25. The molecule has 0 saturated heterocycles. The van der Waals surface area contributed by atoms with Crippen LogP contribution in [0.15, 0.2) is 41.3 Å². The number of benzene rings is 2. The van der Waals surface area contributed by atoms with E-state index in [0.717, 1.165) is 22.0 Å². The number of ether oxygens (including phenoxy) is 1. The molecule has 0 saturated carbocycles. The van der Waals surface area contributed by atoms with E-state index in [4.69, 9.17) is 4.74 Å². The Hall–Kier alpha value is -1.74. The monoisotopic (exact) mass is 314 g/mol. The average Bonchev–Trinajstić information content (AvgIpc) is 2.46. The standard InChI is InChI=1S/C19H22O2S/c1-13-11-14(2)19(15(3)12-13)21-9-10-22-18-7-5-17(6-8-18)16(4)20/h5-8,11-12H,9-10H2,1-4H3. The lowest BCUT2D eigenvalue weighted by molar-refractivity contribution is 0.101. The Bertz CT molecular complexity index is 637. The second-order valence-corrected chi connectivity index (χ2v) is 6.67. The van der Waals surface area contributed by atoms with Gasteiger partial charge in [0.25, 0.3) is 0 Å². The maximum atomic E-state index is 11.2. The molecule has 0 radical (unpaired) electrons. The predicted octanol–water partition coefficient (Wildman–Crippen LogP) is 4.99. The lowest BCUT2D eigenvalue weighted by Gasteiger charge is -2.13. The van der Waals surface area contributed by atoms with Crippen molar-refractivity contribution in [1.29, 1.82) is 0 Å². The predicted molar refractivity (Wildman–Crippen MR) is 93.3 cm³/mol. The molecular formula is C19H22O2S. The molecular weight excluding hydrogens is 292 g/mol. The maximum Gasteiger partial charge on any atom is 0.159 e. The van der Waals surface area contributed by atoms with Crippen LogP contribution in [0, 0.1) is 20.8 Å². The van der Waals surface area contributed by atoms with E-state index in [9.17, 15) is 4.79 Å². The van der Waals surface area contributed by atoms with Gasteiger partial charge < -0.3 is 4.74 Å². The van der Waals surface area contributed by atoms with Gasteiger partial charge in [-0.15, -0.1) is 11.8 Å². The second kappa shape index (κ2) is 7.50. The summed E-state index contributed by atoms with van der Waals surface area (Å²) in [4.78, 5) is 12.4. The second-order valence-electron chi connectivity index (χ2n) is 5.51. The summed E-state index contributed by atoms with van der Waals surface area (Å²) in [6.45, 7) is 8.53. The fourth-order valence-electron chi connectivity index (χ4n) is 2.48. The average molecular weight is 314 g/mol. The molecule has 0 fully saturated rings. The number of hydrogen-bond acceptors (Lipinski definition) is 3. The fraction of sp³-hybridized carbons (Fsp3) is 0.316. The van der Waals surface area contributed by atoms with Gasteiger partial charge in [0.05, 0.1) is 6.61 Å². The minimum Gasteiger partial charge on any atom is -0.492 e. The molecule has 0 unspecified atom stereocenters. The van der Waals surface area contributed by atoms with Gasteiger partial charge in [-0.2, -0.15) is 0 Å². The largest absolute Gasteiger partial charge is 0.492 e. The number of carbonyl (C=O) groups excluding carboxylic acids is 1. The van der Waals surface area contributed by atoms with Gasteiger partial charge in [-0.05, 0) is 51.0 Å². The molecule has 0 aliphatic rings. The van der Waals surface area contributed by atoms with Crippen LogP contribution >= 0.6 is 11.8 Å². The first kappa shape index (κ1) is 16.6. The summed E-state index contributed by atoms with van der Waals surface area (Å²) in [7, 11) is 0. The molecule has 2 aromatic rings. The molecule has 2 rings (SSSR count). The van der Waals surface area contributed by atoms with Gasteiger partial charge in [-0.25, -0.2) is 0 Å². The SMILES string of the molecule is CC(=O)c1ccc(SCCOc2c(C)cc(C)cc2C)cc1. The van der Waals surface area contributed by atoms with E-state index in [0.29, 0.717) is 6.61 Å². The van der Waals surface area contributed by atoms with Crippen molar-refractivity contribution < 1.29 is 9.53 Å². The molecule has 0 aromatic heterocycles. The molecule has 3 heteroatoms. The zero-order valence-electron chi connectivity index (χ0n) is 13.6. The van der Waals surface area contributed by atoms with Crippen molar-refractivity contribution in [2.45, 2.75) is 32.6 Å². The van der Waals surface area contributed by atoms with Crippen molar-refractivity contribution in [2.24, 2.45) is 0 Å². The van der Waals surface area contributed by atoms with Crippen LogP contribution in [-0.4, -0.2) is 18.1 Å². The summed E-state index contributed by atoms with van der Waals surface area (Å²) < 4.78 is 5.93. The maximum absolute atomic E-state index is 11.2. The highest BCUT2D eigenvalue weighted by Gasteiger charge is 2.05. The summed E-state index contributed by atoms with van der Waals surface area (Å²) >= 11 is 1.74. The summed E-state index contributed by atoms with van der Waals surface area (Å²) in [5, 5.41) is 0. The Labute approximate surface area is 136 Å². The number of ketones is 1. The lowest BCUT2D eigenvalue weighted by atomic mass is 10.1. The van der Waals surface area contributed by atoms with Crippen LogP contribution in [0.1, 0.15) is 34.0 Å². The van der Waals surface area contributed by atoms with Crippen molar-refractivity contribution in [2.75, 3.05) is 12.4 Å². The highest BCUT2D eigenvalue weighted by molar-refractivity contribution is 7.99. The van der Waals surface area contributed by atoms with E-state index < -0.39 is 0 Å². The first-order valence-electron chi connectivity index (χ1n) is 7.42. The van der Waals surface area contributed by atoms with Crippen LogP contribution in [0.3, 0.4) is 0 Å². The van der Waals surface area contributed by atoms with Gasteiger partial charge in [0.2, 0.25) is 0 Å². The summed E-state index contributed by atoms with van der Waals surface area (Å²) in [6, 6.07) is 12.0. The first-order chi connectivity index (χ1) is 10.5. The Morgan fingerprint density at radius 3 is 2.18 bits per heavy atom. The summed E-state index contributed by atoms with van der Waals surface area (Å²) in [6.07, 6.45) is 0. The Morgan fingerprint density at radius 2 is 1.64 bits per heavy atom. The molecule has 0 atom stereocenters. The van der Waals surface area contributed by atoms with Crippen LogP contribution in [0.25, 0.3) is 0 Å². The van der Waals surface area contributed by atoms with Gasteiger partial charge in [-0.1, -0.05) is 29.8 Å². The third-order valence-corrected chi connectivity index (χ3v) is 4.44. The van der Waals surface area contributed by atoms with Crippen LogP contribution < -0.4 is 4.74 Å². The molecule has 0 aliphatic heterocycles. The third kappa shape index (κ3) is 4.38. The molecule has 116 valence electrons. The van der Waals surface area contributed by atoms with Crippen LogP contribution in [0.4, 0.5) is 0 Å². The Balaban J connectivity index is 1.86. The molecule has 2 aromatic carbocycles. The van der Waals surface area contributed by atoms with Crippen LogP contribution in [0.5, 0.6) is 5.75 Å². The minimum atomic E-state index is 0.102. The van der Waals surface area contributed by atoms with Gasteiger partial charge in [0, 0.05) is 16.2 Å². The third-order valence-electron chi connectivity index (χ3n) is 3.46. The number of carbonyl (C=O) groups is 1. The van der Waals surface area contributed by atoms with E-state index in [1.807, 2.05) is 24.3 Å². The number of hydrogen-bond donors (Lipinski definition) is 0. The van der Waals surface area contributed by atoms with Crippen molar-refractivity contribution in [1.82, 2.24) is 0 Å².